The van der Waals surface area contributed by atoms with Gasteiger partial charge in [0.05, 0.1) is 0 Å². The second-order valence-electron chi connectivity index (χ2n) is 20.6. The number of rotatable bonds is 56. The summed E-state index contributed by atoms with van der Waals surface area (Å²) in [5.41, 5.74) is 0. The third-order valence-electron chi connectivity index (χ3n) is 13.3. The molecular formula is C69H116O6. The van der Waals surface area contributed by atoms with Crippen molar-refractivity contribution in [2.45, 2.75) is 297 Å². The molecule has 0 aliphatic heterocycles. The molecule has 0 heterocycles. The quantitative estimate of drug-likeness (QED) is 0.0261. The van der Waals surface area contributed by atoms with E-state index in [-0.39, 0.29) is 31.1 Å². The van der Waals surface area contributed by atoms with Gasteiger partial charge in [-0.3, -0.25) is 14.4 Å². The molecule has 0 aromatic carbocycles. The number of hydrogen-bond acceptors (Lipinski definition) is 6. The Morgan fingerprint density at radius 2 is 0.520 bits per heavy atom. The van der Waals surface area contributed by atoms with E-state index >= 15 is 0 Å². The first kappa shape index (κ1) is 71.1. The van der Waals surface area contributed by atoms with E-state index in [1.54, 1.807) is 0 Å². The number of unbranched alkanes of at least 4 members (excludes halogenated alkanes) is 27. The maximum absolute atomic E-state index is 12.8. The first-order valence-corrected chi connectivity index (χ1v) is 31.4. The molecule has 0 aliphatic carbocycles. The van der Waals surface area contributed by atoms with Crippen LogP contribution in [0.25, 0.3) is 0 Å². The van der Waals surface area contributed by atoms with E-state index in [2.05, 4.69) is 130 Å². The third-order valence-corrected chi connectivity index (χ3v) is 13.3. The summed E-state index contributed by atoms with van der Waals surface area (Å²) in [6.07, 6.45) is 85.5. The van der Waals surface area contributed by atoms with E-state index in [9.17, 15) is 14.4 Å². The summed E-state index contributed by atoms with van der Waals surface area (Å²) < 4.78 is 16.8. The van der Waals surface area contributed by atoms with Crippen molar-refractivity contribution in [2.24, 2.45) is 0 Å². The molecule has 0 rings (SSSR count). The average Bonchev–Trinajstić information content (AvgIpc) is 3.41. The van der Waals surface area contributed by atoms with Crippen molar-refractivity contribution >= 4 is 17.9 Å². The van der Waals surface area contributed by atoms with E-state index < -0.39 is 6.10 Å². The predicted molar refractivity (Wildman–Crippen MR) is 325 cm³/mol. The molecule has 0 saturated heterocycles. The Balaban J connectivity index is 4.14. The van der Waals surface area contributed by atoms with E-state index in [1.807, 2.05) is 0 Å². The number of esters is 3. The van der Waals surface area contributed by atoms with Crippen LogP contribution in [0.15, 0.2) is 109 Å². The van der Waals surface area contributed by atoms with Gasteiger partial charge in [-0.1, -0.05) is 291 Å². The molecule has 0 spiro atoms. The summed E-state index contributed by atoms with van der Waals surface area (Å²) in [7, 11) is 0. The highest BCUT2D eigenvalue weighted by atomic mass is 16.6. The molecule has 0 aliphatic rings. The lowest BCUT2D eigenvalue weighted by Gasteiger charge is -2.18. The Morgan fingerprint density at radius 3 is 0.813 bits per heavy atom. The standard InChI is InChI=1S/C69H116O6/c1-4-7-10-13-16-18-20-22-24-26-28-29-30-31-32-33-34-35-36-37-38-39-40-41-42-44-45-47-49-51-53-56-59-62-68(71)74-65-66(64-73-67(70)61-58-55-15-12-9-6-3)75-69(72)63-60-57-54-52-50-48-46-43-27-25-23-21-19-17-14-11-8-5-2/h7,10,16,18,22,24,28-29,31-32,34-35,37-38,40-41,44-45,66H,4-6,8-9,11-15,17,19-21,23,25-27,30,33,36,39,42-43,46-65H2,1-3H3/b10-7-,18-16-,24-22-,29-28-,32-31-,35-34-,38-37-,41-40-,45-44-. The van der Waals surface area contributed by atoms with Crippen LogP contribution < -0.4 is 0 Å². The van der Waals surface area contributed by atoms with Crippen molar-refractivity contribution in [3.8, 4) is 0 Å². The van der Waals surface area contributed by atoms with Crippen molar-refractivity contribution in [1.29, 1.82) is 0 Å². The van der Waals surface area contributed by atoms with Gasteiger partial charge in [-0.25, -0.2) is 0 Å². The normalized spacial score (nSPS) is 12.8. The second-order valence-corrected chi connectivity index (χ2v) is 20.6. The Bertz CT molecular complexity index is 1520. The topological polar surface area (TPSA) is 78.9 Å². The molecule has 0 aromatic rings. The zero-order valence-electron chi connectivity index (χ0n) is 49.0. The van der Waals surface area contributed by atoms with Crippen LogP contribution in [-0.2, 0) is 28.6 Å². The molecule has 6 heteroatoms. The molecule has 1 atom stereocenters. The molecule has 0 aromatic heterocycles. The number of ether oxygens (including phenoxy) is 3. The largest absolute Gasteiger partial charge is 0.462 e. The fourth-order valence-corrected chi connectivity index (χ4v) is 8.61. The second kappa shape index (κ2) is 62.6. The van der Waals surface area contributed by atoms with Crippen LogP contribution >= 0.6 is 0 Å². The predicted octanol–water partition coefficient (Wildman–Crippen LogP) is 21.4. The zero-order valence-corrected chi connectivity index (χ0v) is 49.0. The number of carbonyl (C=O) groups excluding carboxylic acids is 3. The van der Waals surface area contributed by atoms with Gasteiger partial charge >= 0.3 is 17.9 Å². The molecule has 428 valence electrons. The highest BCUT2D eigenvalue weighted by Crippen LogP contribution is 2.16. The number of carbonyl (C=O) groups is 3. The van der Waals surface area contributed by atoms with Gasteiger partial charge in [-0.15, -0.1) is 0 Å². The lowest BCUT2D eigenvalue weighted by molar-refractivity contribution is -0.167. The minimum absolute atomic E-state index is 0.0821. The molecule has 0 fully saturated rings. The van der Waals surface area contributed by atoms with Crippen molar-refractivity contribution in [3.05, 3.63) is 109 Å². The van der Waals surface area contributed by atoms with Crippen molar-refractivity contribution in [2.75, 3.05) is 13.2 Å². The van der Waals surface area contributed by atoms with Gasteiger partial charge in [0.1, 0.15) is 13.2 Å². The number of allylic oxidation sites excluding steroid dienone is 18. The lowest BCUT2D eigenvalue weighted by Crippen LogP contribution is -2.30. The van der Waals surface area contributed by atoms with Gasteiger partial charge in [0.2, 0.25) is 0 Å². The van der Waals surface area contributed by atoms with Crippen LogP contribution in [0, 0.1) is 0 Å². The molecule has 6 nitrogen and oxygen atoms in total. The van der Waals surface area contributed by atoms with E-state index in [0.717, 1.165) is 135 Å². The van der Waals surface area contributed by atoms with Gasteiger partial charge in [0, 0.05) is 19.3 Å². The molecular weight excluding hydrogens is 925 g/mol. The highest BCUT2D eigenvalue weighted by molar-refractivity contribution is 5.71. The van der Waals surface area contributed by atoms with Gasteiger partial charge in [-0.05, 0) is 89.9 Å². The monoisotopic (exact) mass is 1040 g/mol. The molecule has 0 radical (unpaired) electrons. The maximum atomic E-state index is 12.8. The third kappa shape index (κ3) is 60.8. The summed E-state index contributed by atoms with van der Waals surface area (Å²) in [6, 6.07) is 0. The van der Waals surface area contributed by atoms with Crippen molar-refractivity contribution in [1.82, 2.24) is 0 Å². The first-order chi connectivity index (χ1) is 37.0. The van der Waals surface area contributed by atoms with Crippen molar-refractivity contribution in [3.63, 3.8) is 0 Å². The van der Waals surface area contributed by atoms with Crippen LogP contribution in [0.2, 0.25) is 0 Å². The molecule has 1 unspecified atom stereocenters. The fourth-order valence-electron chi connectivity index (χ4n) is 8.61. The van der Waals surface area contributed by atoms with Crippen LogP contribution in [0.3, 0.4) is 0 Å². The Labute approximate surface area is 463 Å². The minimum Gasteiger partial charge on any atom is -0.462 e. The molecule has 0 saturated carbocycles. The summed E-state index contributed by atoms with van der Waals surface area (Å²) in [5, 5.41) is 0. The molecule has 75 heavy (non-hydrogen) atoms. The summed E-state index contributed by atoms with van der Waals surface area (Å²) in [5.74, 6) is -0.905. The zero-order chi connectivity index (χ0) is 54.3. The van der Waals surface area contributed by atoms with Crippen LogP contribution in [0.1, 0.15) is 290 Å². The Hall–Kier alpha value is -3.93. The van der Waals surface area contributed by atoms with E-state index in [0.29, 0.717) is 19.3 Å². The van der Waals surface area contributed by atoms with Gasteiger partial charge in [-0.2, -0.15) is 0 Å². The van der Waals surface area contributed by atoms with E-state index in [4.69, 9.17) is 14.2 Å². The molecule has 0 amide bonds. The van der Waals surface area contributed by atoms with Gasteiger partial charge in [0.25, 0.3) is 0 Å². The summed E-state index contributed by atoms with van der Waals surface area (Å²) in [6.45, 7) is 6.47. The fraction of sp³-hybridized carbons (Fsp3) is 0.696. The summed E-state index contributed by atoms with van der Waals surface area (Å²) in [4.78, 5) is 38.0. The minimum atomic E-state index is -0.782. The first-order valence-electron chi connectivity index (χ1n) is 31.4. The van der Waals surface area contributed by atoms with Crippen LogP contribution in [0.5, 0.6) is 0 Å². The number of hydrogen-bond donors (Lipinski definition) is 0. The smallest absolute Gasteiger partial charge is 0.306 e. The Kier molecular flexibility index (Phi) is 59.3. The van der Waals surface area contributed by atoms with Crippen LogP contribution in [-0.4, -0.2) is 37.2 Å². The molecule has 0 N–H and O–H groups in total. The highest BCUT2D eigenvalue weighted by Gasteiger charge is 2.19. The van der Waals surface area contributed by atoms with Gasteiger partial charge in [0.15, 0.2) is 6.10 Å². The SMILES string of the molecule is CC/C=C\C/C=C\C/C=C\C/C=C\C/C=C\C/C=C\C/C=C\C/C=C\C/C=C\CCCCCCCC(=O)OCC(COC(=O)CCCCCCCC)OC(=O)CCCCCCCCCCCCCCCCCCCC. The van der Waals surface area contributed by atoms with E-state index in [1.165, 1.54) is 116 Å². The molecule has 0 bridgehead atoms. The maximum Gasteiger partial charge on any atom is 0.306 e. The summed E-state index contributed by atoms with van der Waals surface area (Å²) >= 11 is 0. The van der Waals surface area contributed by atoms with Crippen LogP contribution in [0.4, 0.5) is 0 Å². The lowest BCUT2D eigenvalue weighted by atomic mass is 10.0. The van der Waals surface area contributed by atoms with Gasteiger partial charge < -0.3 is 14.2 Å². The van der Waals surface area contributed by atoms with Crippen molar-refractivity contribution < 1.29 is 28.6 Å². The average molecular weight is 1040 g/mol. The Morgan fingerprint density at radius 1 is 0.280 bits per heavy atom.